The summed E-state index contributed by atoms with van der Waals surface area (Å²) in [4.78, 5) is 11.7. The van der Waals surface area contributed by atoms with Crippen LogP contribution in [0.1, 0.15) is 18.3 Å². The van der Waals surface area contributed by atoms with E-state index in [1.165, 1.54) is 0 Å². The topological polar surface area (TPSA) is 58.3 Å². The third-order valence-corrected chi connectivity index (χ3v) is 3.81. The Morgan fingerprint density at radius 3 is 2.94 bits per heavy atom. The fourth-order valence-corrected chi connectivity index (χ4v) is 2.55. The van der Waals surface area contributed by atoms with Crippen molar-refractivity contribution >= 4 is 18.0 Å². The lowest BCUT2D eigenvalue weighted by Crippen LogP contribution is -2.37. The first-order chi connectivity index (χ1) is 8.08. The number of rotatable bonds is 1. The van der Waals surface area contributed by atoms with Crippen LogP contribution in [0.4, 0.5) is 0 Å². The first-order valence-electron chi connectivity index (χ1n) is 5.50. The molecule has 0 N–H and O–H groups in total. The number of Topliss-reactive ketones (excluding diaryl/α,β-unsaturated/α-hetero) is 1. The van der Waals surface area contributed by atoms with Gasteiger partial charge in [0.15, 0.2) is 10.6 Å². The highest BCUT2D eigenvalue weighted by atomic mass is 32.1. The monoisotopic (exact) mass is 255 g/mol. The minimum absolute atomic E-state index is 0.0334. The lowest BCUT2D eigenvalue weighted by atomic mass is 10.0. The van der Waals surface area contributed by atoms with Gasteiger partial charge in [0, 0.05) is 13.5 Å². The van der Waals surface area contributed by atoms with Crippen molar-refractivity contribution in [2.24, 2.45) is 7.05 Å². The zero-order valence-electron chi connectivity index (χ0n) is 9.62. The van der Waals surface area contributed by atoms with Crippen LogP contribution in [0.3, 0.4) is 0 Å². The van der Waals surface area contributed by atoms with Gasteiger partial charge in [-0.15, -0.1) is 0 Å². The highest BCUT2D eigenvalue weighted by molar-refractivity contribution is 7.71. The zero-order valence-corrected chi connectivity index (χ0v) is 10.4. The molecule has 7 heteroatoms. The maximum atomic E-state index is 11.7. The van der Waals surface area contributed by atoms with Crippen LogP contribution in [0.5, 0.6) is 0 Å². The number of hydrogen-bond donors (Lipinski definition) is 0. The molecule has 6 nitrogen and oxygen atoms in total. The molecule has 92 valence electrons. The average Bonchev–Trinajstić information content (AvgIpc) is 2.84. The predicted molar refractivity (Wildman–Crippen MR) is 60.0 cm³/mol. The summed E-state index contributed by atoms with van der Waals surface area (Å²) in [5.41, 5.74) is 0. The van der Waals surface area contributed by atoms with Crippen molar-refractivity contribution in [3.8, 4) is 0 Å². The van der Waals surface area contributed by atoms with E-state index in [2.05, 4.69) is 5.10 Å². The summed E-state index contributed by atoms with van der Waals surface area (Å²) in [5, 5.41) is 4.37. The van der Waals surface area contributed by atoms with E-state index in [-0.39, 0.29) is 17.9 Å². The summed E-state index contributed by atoms with van der Waals surface area (Å²) < 4.78 is 14.9. The van der Waals surface area contributed by atoms with Gasteiger partial charge < -0.3 is 14.0 Å². The van der Waals surface area contributed by atoms with E-state index in [1.807, 2.05) is 18.5 Å². The summed E-state index contributed by atoms with van der Waals surface area (Å²) in [6, 6.07) is -0.145. The second-order valence-electron chi connectivity index (χ2n) is 4.41. The average molecular weight is 255 g/mol. The molecule has 2 fully saturated rings. The van der Waals surface area contributed by atoms with Gasteiger partial charge in [-0.05, 0) is 19.1 Å². The third kappa shape index (κ3) is 1.57. The number of aryl methyl sites for hydroxylation is 1. The second kappa shape index (κ2) is 3.72. The van der Waals surface area contributed by atoms with Crippen LogP contribution in [-0.4, -0.2) is 39.1 Å². The number of carbonyl (C=O) groups excluding carboxylic acids is 1. The van der Waals surface area contributed by atoms with Crippen LogP contribution in [-0.2, 0) is 21.3 Å². The van der Waals surface area contributed by atoms with Crippen LogP contribution in [0.2, 0.25) is 0 Å². The molecule has 1 aromatic rings. The first kappa shape index (κ1) is 11.1. The lowest BCUT2D eigenvalue weighted by Gasteiger charge is -2.26. The number of ketones is 1. The van der Waals surface area contributed by atoms with Crippen molar-refractivity contribution < 1.29 is 14.3 Å². The molecule has 3 heterocycles. The van der Waals surface area contributed by atoms with Crippen molar-refractivity contribution in [3.05, 3.63) is 10.6 Å². The van der Waals surface area contributed by atoms with E-state index >= 15 is 0 Å². The van der Waals surface area contributed by atoms with Crippen LogP contribution >= 0.6 is 12.2 Å². The maximum absolute atomic E-state index is 11.7. The molecule has 2 aliphatic heterocycles. The predicted octanol–water partition coefficient (Wildman–Crippen LogP) is 0.515. The molecule has 3 atom stereocenters. The SMILES string of the molecule is Cc1nn([C@H]2CC(=O)[C@@H]3OC[C@H]2O3)c(=S)n1C. The van der Waals surface area contributed by atoms with Crippen molar-refractivity contribution in [1.29, 1.82) is 0 Å². The summed E-state index contributed by atoms with van der Waals surface area (Å²) in [6.07, 6.45) is -0.422. The van der Waals surface area contributed by atoms with Crippen LogP contribution < -0.4 is 0 Å². The number of ether oxygens (including phenoxy) is 2. The van der Waals surface area contributed by atoms with E-state index in [0.29, 0.717) is 17.8 Å². The summed E-state index contributed by atoms with van der Waals surface area (Å²) in [6.45, 7) is 2.31. The Kier molecular flexibility index (Phi) is 2.42. The van der Waals surface area contributed by atoms with Gasteiger partial charge in [0.1, 0.15) is 11.9 Å². The molecule has 2 bridgehead atoms. The Bertz CT molecular complexity index is 535. The molecular weight excluding hydrogens is 242 g/mol. The van der Waals surface area contributed by atoms with Gasteiger partial charge in [-0.2, -0.15) is 5.10 Å². The third-order valence-electron chi connectivity index (χ3n) is 3.35. The van der Waals surface area contributed by atoms with Crippen molar-refractivity contribution in [2.75, 3.05) is 6.61 Å². The smallest absolute Gasteiger partial charge is 0.218 e. The van der Waals surface area contributed by atoms with Crippen LogP contribution in [0, 0.1) is 11.7 Å². The number of carbonyl (C=O) groups is 1. The highest BCUT2D eigenvalue weighted by Crippen LogP contribution is 2.32. The fourth-order valence-electron chi connectivity index (χ4n) is 2.24. The molecule has 0 unspecified atom stereocenters. The Hall–Kier alpha value is -1.05. The summed E-state index contributed by atoms with van der Waals surface area (Å²) in [7, 11) is 1.86. The molecule has 0 saturated carbocycles. The van der Waals surface area contributed by atoms with Gasteiger partial charge in [-0.25, -0.2) is 4.68 Å². The van der Waals surface area contributed by atoms with Crippen LogP contribution in [0.25, 0.3) is 0 Å². The van der Waals surface area contributed by atoms with Crippen molar-refractivity contribution in [1.82, 2.24) is 14.3 Å². The number of nitrogens with zero attached hydrogens (tertiary/aromatic N) is 3. The minimum Gasteiger partial charge on any atom is -0.343 e. The van der Waals surface area contributed by atoms with Gasteiger partial charge >= 0.3 is 0 Å². The fraction of sp³-hybridized carbons (Fsp3) is 0.700. The Labute approximate surface area is 103 Å². The van der Waals surface area contributed by atoms with Gasteiger partial charge in [-0.3, -0.25) is 4.79 Å². The molecule has 17 heavy (non-hydrogen) atoms. The maximum Gasteiger partial charge on any atom is 0.218 e. The van der Waals surface area contributed by atoms with E-state index in [0.717, 1.165) is 5.82 Å². The van der Waals surface area contributed by atoms with E-state index in [4.69, 9.17) is 21.7 Å². The normalized spacial score (nSPS) is 32.1. The molecule has 2 saturated heterocycles. The lowest BCUT2D eigenvalue weighted by molar-refractivity contribution is -0.156. The molecule has 0 radical (unpaired) electrons. The standard InChI is InChI=1S/C10H13N3O3S/c1-5-11-13(10(17)12(5)2)6-3-7(14)9-15-4-8(6)16-9/h6,8-9H,3-4H2,1-2H3/t6-,8+,9+/m0/s1. The molecule has 1 aromatic heterocycles. The van der Waals surface area contributed by atoms with Gasteiger partial charge in [0.2, 0.25) is 6.29 Å². The molecule has 0 spiro atoms. The minimum atomic E-state index is -0.671. The van der Waals surface area contributed by atoms with Gasteiger partial charge in [0.05, 0.1) is 12.6 Å². The Morgan fingerprint density at radius 1 is 1.53 bits per heavy atom. The highest BCUT2D eigenvalue weighted by Gasteiger charge is 2.44. The van der Waals surface area contributed by atoms with Gasteiger partial charge in [0.25, 0.3) is 0 Å². The van der Waals surface area contributed by atoms with Crippen molar-refractivity contribution in [3.63, 3.8) is 0 Å². The Balaban J connectivity index is 2.01. The number of fused-ring (bicyclic) bond motifs is 2. The van der Waals surface area contributed by atoms with E-state index in [9.17, 15) is 4.79 Å². The molecule has 2 aliphatic rings. The summed E-state index contributed by atoms with van der Waals surface area (Å²) >= 11 is 5.30. The first-order valence-corrected chi connectivity index (χ1v) is 5.90. The number of hydrogen-bond acceptors (Lipinski definition) is 5. The molecule has 0 aliphatic carbocycles. The second-order valence-corrected chi connectivity index (χ2v) is 4.78. The van der Waals surface area contributed by atoms with E-state index in [1.54, 1.807) is 4.68 Å². The molecule has 0 amide bonds. The summed E-state index contributed by atoms with van der Waals surface area (Å²) in [5.74, 6) is 0.789. The van der Waals surface area contributed by atoms with E-state index < -0.39 is 6.29 Å². The van der Waals surface area contributed by atoms with Crippen LogP contribution in [0.15, 0.2) is 0 Å². The number of aromatic nitrogens is 3. The molecular formula is C10H13N3O3S. The largest absolute Gasteiger partial charge is 0.343 e. The van der Waals surface area contributed by atoms with Crippen molar-refractivity contribution in [2.45, 2.75) is 31.8 Å². The quantitative estimate of drug-likeness (QED) is 0.685. The molecule has 3 rings (SSSR count). The van der Waals surface area contributed by atoms with Gasteiger partial charge in [-0.1, -0.05) is 0 Å². The zero-order chi connectivity index (χ0) is 12.2. The molecule has 0 aromatic carbocycles. The Morgan fingerprint density at radius 2 is 2.29 bits per heavy atom.